The normalized spacial score (nSPS) is 12.6. The first-order chi connectivity index (χ1) is 8.74. The van der Waals surface area contributed by atoms with Gasteiger partial charge < -0.3 is 5.73 Å². The van der Waals surface area contributed by atoms with Crippen molar-refractivity contribution < 1.29 is 0 Å². The highest BCUT2D eigenvalue weighted by molar-refractivity contribution is 7.11. The monoisotopic (exact) mass is 260 g/mol. The highest BCUT2D eigenvalue weighted by atomic mass is 32.1. The minimum atomic E-state index is 0.0753. The summed E-state index contributed by atoms with van der Waals surface area (Å²) in [6.07, 6.45) is 6.78. The van der Waals surface area contributed by atoms with Gasteiger partial charge in [-0.1, -0.05) is 13.8 Å². The molecule has 2 rings (SSSR count). The smallest absolute Gasteiger partial charge is 0.0347 e. The van der Waals surface area contributed by atoms with Crippen LogP contribution in [0.3, 0.4) is 0 Å². The van der Waals surface area contributed by atoms with Gasteiger partial charge in [-0.15, -0.1) is 11.3 Å². The summed E-state index contributed by atoms with van der Waals surface area (Å²) in [6, 6.07) is 6.54. The average molecular weight is 260 g/mol. The van der Waals surface area contributed by atoms with Gasteiger partial charge in [0.05, 0.1) is 0 Å². The Hall–Kier alpha value is -1.19. The second kappa shape index (κ2) is 6.12. The van der Waals surface area contributed by atoms with Crippen LogP contribution in [0.4, 0.5) is 0 Å². The van der Waals surface area contributed by atoms with Crippen molar-refractivity contribution in [1.82, 2.24) is 4.98 Å². The molecule has 2 heterocycles. The summed E-state index contributed by atoms with van der Waals surface area (Å²) in [7, 11) is 0. The Bertz CT molecular complexity index is 505. The summed E-state index contributed by atoms with van der Waals surface area (Å²) in [6.45, 7) is 4.33. The van der Waals surface area contributed by atoms with Crippen LogP contribution < -0.4 is 5.73 Å². The van der Waals surface area contributed by atoms with E-state index in [0.29, 0.717) is 0 Å². The largest absolute Gasteiger partial charge is 0.324 e. The fourth-order valence-corrected chi connectivity index (χ4v) is 3.16. The summed E-state index contributed by atoms with van der Waals surface area (Å²) in [5, 5.41) is 0. The molecule has 0 aliphatic heterocycles. The lowest BCUT2D eigenvalue weighted by molar-refractivity contribution is 0.717. The molecule has 1 atom stereocenters. The molecular formula is C15H20N2S. The maximum atomic E-state index is 6.33. The number of aromatic nitrogens is 1. The summed E-state index contributed by atoms with van der Waals surface area (Å²) >= 11 is 1.87. The molecule has 0 amide bonds. The predicted molar refractivity (Wildman–Crippen MR) is 77.9 cm³/mol. The van der Waals surface area contributed by atoms with Crippen LogP contribution in [0, 0.1) is 0 Å². The molecule has 0 spiro atoms. The van der Waals surface area contributed by atoms with Crippen LogP contribution in [0.5, 0.6) is 0 Å². The molecule has 2 N–H and O–H groups in total. The lowest BCUT2D eigenvalue weighted by atomic mass is 9.99. The number of hydrogen-bond acceptors (Lipinski definition) is 3. The van der Waals surface area contributed by atoms with Crippen LogP contribution in [0.2, 0.25) is 0 Å². The van der Waals surface area contributed by atoms with Gasteiger partial charge in [0.25, 0.3) is 0 Å². The Morgan fingerprint density at radius 2 is 1.94 bits per heavy atom. The van der Waals surface area contributed by atoms with E-state index >= 15 is 0 Å². The molecule has 3 heteroatoms. The topological polar surface area (TPSA) is 38.9 Å². The zero-order valence-electron chi connectivity index (χ0n) is 11.0. The molecule has 2 nitrogen and oxygen atoms in total. The molecule has 96 valence electrons. The summed E-state index contributed by atoms with van der Waals surface area (Å²) in [4.78, 5) is 6.98. The average Bonchev–Trinajstić information content (AvgIpc) is 2.86. The van der Waals surface area contributed by atoms with Crippen molar-refractivity contribution in [3.63, 3.8) is 0 Å². The van der Waals surface area contributed by atoms with E-state index in [9.17, 15) is 0 Å². The van der Waals surface area contributed by atoms with Gasteiger partial charge in [0.1, 0.15) is 0 Å². The lowest BCUT2D eigenvalue weighted by Crippen LogP contribution is -2.15. The van der Waals surface area contributed by atoms with E-state index in [2.05, 4.69) is 37.0 Å². The first-order valence-corrected chi connectivity index (χ1v) is 7.32. The Morgan fingerprint density at radius 3 is 2.61 bits per heavy atom. The number of nitrogens with zero attached hydrogens (tertiary/aromatic N) is 1. The first kappa shape index (κ1) is 13.2. The summed E-state index contributed by atoms with van der Waals surface area (Å²) in [5.74, 6) is 0. The number of aryl methyl sites for hydroxylation is 2. The molecule has 2 aromatic heterocycles. The fourth-order valence-electron chi connectivity index (χ4n) is 2.14. The van der Waals surface area contributed by atoms with Crippen molar-refractivity contribution in [3.8, 4) is 0 Å². The highest BCUT2D eigenvalue weighted by Gasteiger charge is 2.12. The maximum absolute atomic E-state index is 6.33. The number of rotatable bonds is 5. The van der Waals surface area contributed by atoms with Crippen molar-refractivity contribution in [2.75, 3.05) is 0 Å². The maximum Gasteiger partial charge on any atom is 0.0347 e. The van der Waals surface area contributed by atoms with Gasteiger partial charge in [-0.2, -0.15) is 0 Å². The van der Waals surface area contributed by atoms with Crippen LogP contribution in [0.15, 0.2) is 30.6 Å². The van der Waals surface area contributed by atoms with E-state index in [0.717, 1.165) is 19.3 Å². The van der Waals surface area contributed by atoms with E-state index in [1.54, 1.807) is 0 Å². The van der Waals surface area contributed by atoms with Crippen LogP contribution in [0.25, 0.3) is 0 Å². The van der Waals surface area contributed by atoms with Gasteiger partial charge in [0.15, 0.2) is 0 Å². The molecule has 0 saturated heterocycles. The van der Waals surface area contributed by atoms with E-state index in [1.165, 1.54) is 20.9 Å². The fraction of sp³-hybridized carbons (Fsp3) is 0.400. The van der Waals surface area contributed by atoms with Gasteiger partial charge >= 0.3 is 0 Å². The molecule has 0 saturated carbocycles. The number of pyridine rings is 1. The van der Waals surface area contributed by atoms with Gasteiger partial charge in [0, 0.05) is 34.6 Å². The van der Waals surface area contributed by atoms with Crippen molar-refractivity contribution in [2.24, 2.45) is 5.73 Å². The van der Waals surface area contributed by atoms with Gasteiger partial charge in [-0.05, 0) is 42.2 Å². The Morgan fingerprint density at radius 1 is 1.17 bits per heavy atom. The van der Waals surface area contributed by atoms with Crippen LogP contribution in [-0.4, -0.2) is 4.98 Å². The molecular weight excluding hydrogens is 240 g/mol. The summed E-state index contributed by atoms with van der Waals surface area (Å²) in [5.41, 5.74) is 8.83. The van der Waals surface area contributed by atoms with Crippen molar-refractivity contribution in [2.45, 2.75) is 39.2 Å². The second-order valence-corrected chi connectivity index (χ2v) is 5.71. The Kier molecular flexibility index (Phi) is 4.50. The van der Waals surface area contributed by atoms with Crippen molar-refractivity contribution in [3.05, 3.63) is 51.5 Å². The third-order valence-electron chi connectivity index (χ3n) is 3.21. The van der Waals surface area contributed by atoms with Crippen molar-refractivity contribution >= 4 is 11.3 Å². The van der Waals surface area contributed by atoms with E-state index < -0.39 is 0 Å². The predicted octanol–water partition coefficient (Wildman–Crippen LogP) is 3.51. The standard InChI is InChI=1S/C15H20N2S/c1-3-11-10-17-8-7-14(11)15(16)9-13-6-5-12(4-2)18-13/h5-8,10,15H,3-4,9,16H2,1-2H3. The van der Waals surface area contributed by atoms with Crippen LogP contribution in [-0.2, 0) is 19.3 Å². The molecule has 2 aromatic rings. The quantitative estimate of drug-likeness (QED) is 0.893. The molecule has 0 aromatic carbocycles. The molecule has 18 heavy (non-hydrogen) atoms. The van der Waals surface area contributed by atoms with Gasteiger partial charge in [0.2, 0.25) is 0 Å². The molecule has 1 unspecified atom stereocenters. The van der Waals surface area contributed by atoms with Crippen molar-refractivity contribution in [1.29, 1.82) is 0 Å². The zero-order chi connectivity index (χ0) is 13.0. The first-order valence-electron chi connectivity index (χ1n) is 6.50. The molecule has 0 fully saturated rings. The SMILES string of the molecule is CCc1ccc(CC(N)c2ccncc2CC)s1. The Balaban J connectivity index is 2.13. The third kappa shape index (κ3) is 2.98. The van der Waals surface area contributed by atoms with E-state index in [-0.39, 0.29) is 6.04 Å². The number of hydrogen-bond donors (Lipinski definition) is 1. The molecule has 0 aliphatic rings. The Labute approximate surface area is 113 Å². The van der Waals surface area contributed by atoms with Crippen LogP contribution in [0.1, 0.15) is 40.8 Å². The van der Waals surface area contributed by atoms with E-state index in [4.69, 9.17) is 5.73 Å². The molecule has 0 radical (unpaired) electrons. The van der Waals surface area contributed by atoms with Gasteiger partial charge in [-0.3, -0.25) is 4.98 Å². The highest BCUT2D eigenvalue weighted by Crippen LogP contribution is 2.24. The number of nitrogens with two attached hydrogens (primary N) is 1. The minimum Gasteiger partial charge on any atom is -0.324 e. The summed E-state index contributed by atoms with van der Waals surface area (Å²) < 4.78 is 0. The lowest BCUT2D eigenvalue weighted by Gasteiger charge is -2.14. The zero-order valence-corrected chi connectivity index (χ0v) is 11.8. The van der Waals surface area contributed by atoms with E-state index in [1.807, 2.05) is 23.7 Å². The number of thiophene rings is 1. The molecule has 0 aliphatic carbocycles. The molecule has 0 bridgehead atoms. The second-order valence-electron chi connectivity index (χ2n) is 4.46. The van der Waals surface area contributed by atoms with Crippen LogP contribution >= 0.6 is 11.3 Å². The van der Waals surface area contributed by atoms with Gasteiger partial charge in [-0.25, -0.2) is 0 Å². The minimum absolute atomic E-state index is 0.0753. The third-order valence-corrected chi connectivity index (χ3v) is 4.46.